The average Bonchev–Trinajstić information content (AvgIpc) is 2.99. The van der Waals surface area contributed by atoms with Crippen LogP contribution < -0.4 is 10.1 Å². The van der Waals surface area contributed by atoms with Crippen molar-refractivity contribution in [2.75, 3.05) is 12.4 Å². The van der Waals surface area contributed by atoms with Gasteiger partial charge in [0.25, 0.3) is 11.6 Å². The number of carbonyl (C=O) groups is 1. The second-order valence-corrected chi connectivity index (χ2v) is 4.54. The number of hydrogen-bond acceptors (Lipinski definition) is 6. The molecule has 0 spiro atoms. The molecule has 0 atom stereocenters. The normalized spacial score (nSPS) is 10.5. The maximum Gasteiger partial charge on any atom is 0.273 e. The summed E-state index contributed by atoms with van der Waals surface area (Å²) in [5, 5.41) is 17.5. The van der Waals surface area contributed by atoms with Crippen molar-refractivity contribution in [1.29, 1.82) is 0 Å². The smallest absolute Gasteiger partial charge is 0.273 e. The molecule has 2 aromatic heterocycles. The minimum atomic E-state index is -0.538. The van der Waals surface area contributed by atoms with Gasteiger partial charge in [-0.15, -0.1) is 0 Å². The molecule has 3 aromatic rings. The summed E-state index contributed by atoms with van der Waals surface area (Å²) in [6.45, 7) is 0. The van der Waals surface area contributed by atoms with Crippen LogP contribution in [0.3, 0.4) is 0 Å². The van der Waals surface area contributed by atoms with Crippen molar-refractivity contribution in [2.24, 2.45) is 0 Å². The second kappa shape index (κ2) is 5.72. The number of nitro groups is 1. The fourth-order valence-electron chi connectivity index (χ4n) is 2.07. The number of nitro benzene ring substituents is 1. The molecule has 0 radical (unpaired) electrons. The van der Waals surface area contributed by atoms with Crippen molar-refractivity contribution in [3.63, 3.8) is 0 Å². The molecular weight excluding hydrogens is 302 g/mol. The molecule has 0 aliphatic rings. The molecule has 3 rings (SSSR count). The van der Waals surface area contributed by atoms with Gasteiger partial charge in [-0.2, -0.15) is 5.10 Å². The van der Waals surface area contributed by atoms with Gasteiger partial charge in [-0.3, -0.25) is 14.9 Å². The number of nitrogens with zero attached hydrogens (tertiary/aromatic N) is 4. The summed E-state index contributed by atoms with van der Waals surface area (Å²) in [4.78, 5) is 26.7. The number of aromatic nitrogens is 3. The third kappa shape index (κ3) is 2.67. The third-order valence-electron chi connectivity index (χ3n) is 3.17. The molecule has 0 aliphatic heterocycles. The van der Waals surface area contributed by atoms with Gasteiger partial charge < -0.3 is 10.1 Å². The van der Waals surface area contributed by atoms with E-state index < -0.39 is 10.8 Å². The lowest BCUT2D eigenvalue weighted by atomic mass is 10.2. The zero-order chi connectivity index (χ0) is 16.4. The Morgan fingerprint density at radius 1 is 1.43 bits per heavy atom. The van der Waals surface area contributed by atoms with Crippen molar-refractivity contribution in [3.8, 4) is 5.75 Å². The molecule has 2 heterocycles. The highest BCUT2D eigenvalue weighted by atomic mass is 16.6. The summed E-state index contributed by atoms with van der Waals surface area (Å²) < 4.78 is 6.56. The molecule has 116 valence electrons. The van der Waals surface area contributed by atoms with E-state index >= 15 is 0 Å². The summed E-state index contributed by atoms with van der Waals surface area (Å²) in [5.74, 6) is -0.247. The van der Waals surface area contributed by atoms with Crippen LogP contribution in [0.5, 0.6) is 5.75 Å². The van der Waals surface area contributed by atoms with E-state index in [-0.39, 0.29) is 17.0 Å². The molecule has 0 unspecified atom stereocenters. The van der Waals surface area contributed by atoms with E-state index in [1.807, 2.05) is 0 Å². The molecule has 0 saturated carbocycles. The van der Waals surface area contributed by atoms with Crippen LogP contribution >= 0.6 is 0 Å². The Kier molecular flexibility index (Phi) is 3.59. The van der Waals surface area contributed by atoms with Gasteiger partial charge in [0.2, 0.25) is 0 Å². The first-order valence-corrected chi connectivity index (χ1v) is 6.52. The van der Waals surface area contributed by atoms with Crippen molar-refractivity contribution in [2.45, 2.75) is 0 Å². The average molecular weight is 313 g/mol. The molecule has 1 N–H and O–H groups in total. The van der Waals surface area contributed by atoms with Crippen molar-refractivity contribution in [1.82, 2.24) is 14.6 Å². The maximum absolute atomic E-state index is 12.4. The number of anilines is 1. The molecular formula is C14H11N5O4. The minimum Gasteiger partial charge on any atom is -0.494 e. The largest absolute Gasteiger partial charge is 0.494 e. The molecule has 0 bridgehead atoms. The number of ether oxygens (including phenoxy) is 1. The topological polar surface area (TPSA) is 112 Å². The first-order chi connectivity index (χ1) is 11.1. The van der Waals surface area contributed by atoms with Crippen LogP contribution in [-0.4, -0.2) is 32.5 Å². The molecule has 1 amide bonds. The SMILES string of the molecule is COc1cc([N+](=O)[O-])ccc1NC(=O)c1cnn2cccnc12. The van der Waals surface area contributed by atoms with Crippen LogP contribution in [0.15, 0.2) is 42.9 Å². The second-order valence-electron chi connectivity index (χ2n) is 4.54. The number of amides is 1. The Labute approximate surface area is 129 Å². The summed E-state index contributed by atoms with van der Waals surface area (Å²) in [6, 6.07) is 5.63. The summed E-state index contributed by atoms with van der Waals surface area (Å²) in [5.41, 5.74) is 0.882. The van der Waals surface area contributed by atoms with Gasteiger partial charge in [-0.25, -0.2) is 9.50 Å². The van der Waals surface area contributed by atoms with Gasteiger partial charge in [0, 0.05) is 18.5 Å². The monoisotopic (exact) mass is 313 g/mol. The van der Waals surface area contributed by atoms with Gasteiger partial charge >= 0.3 is 0 Å². The highest BCUT2D eigenvalue weighted by molar-refractivity contribution is 6.08. The van der Waals surface area contributed by atoms with E-state index in [9.17, 15) is 14.9 Å². The standard InChI is InChI=1S/C14H11N5O4/c1-23-12-7-9(19(21)22)3-4-11(12)17-14(20)10-8-16-18-6-2-5-15-13(10)18/h2-8H,1H3,(H,17,20). The van der Waals surface area contributed by atoms with Crippen LogP contribution in [0.25, 0.3) is 5.65 Å². The minimum absolute atomic E-state index is 0.127. The molecule has 0 aliphatic carbocycles. The fraction of sp³-hybridized carbons (Fsp3) is 0.0714. The molecule has 9 nitrogen and oxygen atoms in total. The predicted molar refractivity (Wildman–Crippen MR) is 80.6 cm³/mol. The number of rotatable bonds is 4. The van der Waals surface area contributed by atoms with E-state index in [1.54, 1.807) is 18.5 Å². The number of methoxy groups -OCH3 is 1. The van der Waals surface area contributed by atoms with Crippen LogP contribution in [0, 0.1) is 10.1 Å². The zero-order valence-electron chi connectivity index (χ0n) is 12.0. The summed E-state index contributed by atoms with van der Waals surface area (Å²) >= 11 is 0. The molecule has 1 aromatic carbocycles. The highest BCUT2D eigenvalue weighted by Crippen LogP contribution is 2.29. The number of benzene rings is 1. The first kappa shape index (κ1) is 14.4. The first-order valence-electron chi connectivity index (χ1n) is 6.52. The molecule has 0 fully saturated rings. The summed E-state index contributed by atoms with van der Waals surface area (Å²) in [7, 11) is 1.37. The van der Waals surface area contributed by atoms with E-state index in [2.05, 4.69) is 15.4 Å². The van der Waals surface area contributed by atoms with Gasteiger partial charge in [-0.1, -0.05) is 0 Å². The van der Waals surface area contributed by atoms with E-state index in [0.717, 1.165) is 0 Å². The fourth-order valence-corrected chi connectivity index (χ4v) is 2.07. The Hall–Kier alpha value is -3.49. The van der Waals surface area contributed by atoms with Crippen molar-refractivity contribution >= 4 is 22.9 Å². The number of fused-ring (bicyclic) bond motifs is 1. The van der Waals surface area contributed by atoms with Crippen molar-refractivity contribution < 1.29 is 14.5 Å². The lowest BCUT2D eigenvalue weighted by Crippen LogP contribution is -2.13. The van der Waals surface area contributed by atoms with Crippen LogP contribution in [0.1, 0.15) is 10.4 Å². The lowest BCUT2D eigenvalue weighted by Gasteiger charge is -2.09. The van der Waals surface area contributed by atoms with E-state index in [4.69, 9.17) is 4.74 Å². The van der Waals surface area contributed by atoms with Crippen LogP contribution in [-0.2, 0) is 0 Å². The number of hydrogen-bond donors (Lipinski definition) is 1. The highest BCUT2D eigenvalue weighted by Gasteiger charge is 2.17. The Balaban J connectivity index is 1.92. The zero-order valence-corrected chi connectivity index (χ0v) is 12.0. The Bertz CT molecular complexity index is 905. The van der Waals surface area contributed by atoms with Crippen LogP contribution in [0.2, 0.25) is 0 Å². The molecule has 9 heteroatoms. The number of nitrogens with one attached hydrogen (secondary N) is 1. The van der Waals surface area contributed by atoms with Crippen LogP contribution in [0.4, 0.5) is 11.4 Å². The maximum atomic E-state index is 12.4. The Morgan fingerprint density at radius 2 is 2.26 bits per heavy atom. The van der Waals surface area contributed by atoms with Gasteiger partial charge in [-0.05, 0) is 12.1 Å². The summed E-state index contributed by atoms with van der Waals surface area (Å²) in [6.07, 6.45) is 4.63. The van der Waals surface area contributed by atoms with E-state index in [1.165, 1.54) is 36.0 Å². The third-order valence-corrected chi connectivity index (χ3v) is 3.17. The van der Waals surface area contributed by atoms with Gasteiger partial charge in [0.1, 0.15) is 11.3 Å². The Morgan fingerprint density at radius 3 is 3.00 bits per heavy atom. The predicted octanol–water partition coefficient (Wildman–Crippen LogP) is 1.90. The number of non-ortho nitro benzene ring substituents is 1. The quantitative estimate of drug-likeness (QED) is 0.581. The van der Waals surface area contributed by atoms with Gasteiger partial charge in [0.15, 0.2) is 5.65 Å². The van der Waals surface area contributed by atoms with Gasteiger partial charge in [0.05, 0.1) is 30.0 Å². The van der Waals surface area contributed by atoms with Crippen molar-refractivity contribution in [3.05, 3.63) is 58.5 Å². The van der Waals surface area contributed by atoms with E-state index in [0.29, 0.717) is 11.3 Å². The number of carbonyl (C=O) groups excluding carboxylic acids is 1. The molecule has 0 saturated heterocycles. The molecule has 23 heavy (non-hydrogen) atoms. The lowest BCUT2D eigenvalue weighted by molar-refractivity contribution is -0.384.